The van der Waals surface area contributed by atoms with E-state index in [1.165, 1.54) is 141 Å². The first-order valence-electron chi connectivity index (χ1n) is 24.0. The fraction of sp³-hybridized carbons (Fsp3) is 0.542. The van der Waals surface area contributed by atoms with Crippen LogP contribution in [0.4, 0.5) is 0 Å². The molecule has 16 nitrogen and oxygen atoms in total. The molecular weight excluding hydrogens is 1220 g/mol. The monoisotopic (exact) mass is 1270 g/mol. The van der Waals surface area contributed by atoms with Gasteiger partial charge in [-0.05, 0) is 80.9 Å². The van der Waals surface area contributed by atoms with Gasteiger partial charge in [0.2, 0.25) is 0 Å². The molecule has 3 aromatic rings. The lowest BCUT2D eigenvalue weighted by molar-refractivity contribution is 0.0677. The SMILES string of the molecule is O=C(O)c1c2c(c([C](c3c4c(c(C(=O)O)c5c3SC(CCO)(CCO)S5)SC(CCO)(CCO)S4)c3c4c(c(C(=O)O)c5c3SC(CCO)(CCO)S5)SC(CCO)(CCO)S4)c3c1SC(CCO)(CCO)S3)SCS2. The zero-order chi connectivity index (χ0) is 54.5. The molecule has 0 spiro atoms. The van der Waals surface area contributed by atoms with Gasteiger partial charge in [-0.3, -0.25) is 0 Å². The lowest BCUT2D eigenvalue weighted by Gasteiger charge is -2.32. The molecule has 0 fully saturated rings. The Morgan fingerprint density at radius 1 is 0.276 bits per heavy atom. The first-order valence-corrected chi connectivity index (χ1v) is 34.2. The highest BCUT2D eigenvalue weighted by Crippen LogP contribution is 2.76. The maximum Gasteiger partial charge on any atom is 0.338 e. The number of carboxylic acid groups (broad SMARTS) is 3. The number of hydrogen-bond acceptors (Lipinski definition) is 25. The summed E-state index contributed by atoms with van der Waals surface area (Å²) in [5.74, 6) is -3.26. The molecule has 0 amide bonds. The minimum Gasteiger partial charge on any atom is -0.478 e. The van der Waals surface area contributed by atoms with Crippen LogP contribution in [0.5, 0.6) is 0 Å². The molecular formula is C48H55O16S12. The van der Waals surface area contributed by atoms with Crippen molar-refractivity contribution < 1.29 is 80.8 Å². The Hall–Kier alpha value is -0.130. The molecule has 28 heteroatoms. The van der Waals surface area contributed by atoms with Crippen molar-refractivity contribution in [3.63, 3.8) is 0 Å². The summed E-state index contributed by atoms with van der Waals surface area (Å²) < 4.78 is -5.12. The normalized spacial score (nSPS) is 19.5. The summed E-state index contributed by atoms with van der Waals surface area (Å²) in [4.78, 5) is 47.1. The molecule has 0 saturated heterocycles. The average molecular weight is 1270 g/mol. The molecule has 6 aliphatic heterocycles. The van der Waals surface area contributed by atoms with Gasteiger partial charge in [0.1, 0.15) is 0 Å². The van der Waals surface area contributed by atoms with Gasteiger partial charge in [-0.15, -0.1) is 141 Å². The Morgan fingerprint density at radius 2 is 0.434 bits per heavy atom. The summed E-state index contributed by atoms with van der Waals surface area (Å²) in [5.41, 5.74) is 1.48. The third-order valence-corrected chi connectivity index (χ3v) is 33.1. The molecule has 9 rings (SSSR count). The van der Waals surface area contributed by atoms with Crippen LogP contribution in [0.2, 0.25) is 0 Å². The number of aliphatic hydroxyl groups excluding tert-OH is 10. The molecule has 0 unspecified atom stereocenters. The zero-order valence-electron chi connectivity index (χ0n) is 40.3. The van der Waals surface area contributed by atoms with E-state index in [9.17, 15) is 80.8 Å². The van der Waals surface area contributed by atoms with E-state index in [4.69, 9.17) is 0 Å². The Bertz CT molecular complexity index is 2530. The third kappa shape index (κ3) is 10.7. The Labute approximate surface area is 489 Å². The van der Waals surface area contributed by atoms with Gasteiger partial charge in [0.15, 0.2) is 0 Å². The van der Waals surface area contributed by atoms with E-state index in [0.717, 1.165) is 0 Å². The molecule has 0 aliphatic carbocycles. The number of carboxylic acids is 3. The first-order chi connectivity index (χ1) is 36.5. The summed E-state index contributed by atoms with van der Waals surface area (Å²) in [6, 6.07) is 0. The fourth-order valence-electron chi connectivity index (χ4n) is 10.3. The molecule has 0 bridgehead atoms. The van der Waals surface area contributed by atoms with Gasteiger partial charge >= 0.3 is 17.9 Å². The van der Waals surface area contributed by atoms with E-state index >= 15 is 0 Å². The van der Waals surface area contributed by atoms with Gasteiger partial charge in [-0.1, -0.05) is 0 Å². The molecule has 3 aromatic carbocycles. The van der Waals surface area contributed by atoms with Crippen LogP contribution in [0.1, 0.15) is 112 Å². The molecule has 0 aromatic heterocycles. The summed E-state index contributed by atoms with van der Waals surface area (Å²) in [7, 11) is 0. The molecule has 0 saturated carbocycles. The van der Waals surface area contributed by atoms with E-state index in [1.807, 2.05) is 0 Å². The third-order valence-electron chi connectivity index (χ3n) is 13.6. The number of rotatable bonds is 26. The van der Waals surface area contributed by atoms with Crippen molar-refractivity contribution in [1.82, 2.24) is 0 Å². The van der Waals surface area contributed by atoms with Crippen LogP contribution in [-0.4, -0.2) is 176 Å². The highest BCUT2D eigenvalue weighted by molar-refractivity contribution is 8.23. The second-order valence-corrected chi connectivity index (χ2v) is 35.8. The van der Waals surface area contributed by atoms with Gasteiger partial charge in [0.05, 0.1) is 43.0 Å². The highest BCUT2D eigenvalue weighted by Gasteiger charge is 2.56. The van der Waals surface area contributed by atoms with E-state index in [2.05, 4.69) is 0 Å². The standard InChI is InChI=1S/C48H55O16S12/c49-11-1-44(2-12-50)67-31-23(29-30(66-21-65-29)26(41(59)60)36(31)72-44)22(24-32-37(73-45(68-32,3-13-51)4-14-52)27(42(61)62)38-33(24)69-46(74-38,5-15-53)6-16-54)25-34-39(75-47(70-34,7-17-55)8-18-56)28(43(63)64)40-35(25)71-48(76-40,9-19-57)10-20-58/h49-58H,1-21H2,(H,59,60)(H,61,62)(H,63,64). The second kappa shape index (κ2) is 24.6. The zero-order valence-corrected chi connectivity index (χ0v) is 50.1. The van der Waals surface area contributed by atoms with Crippen LogP contribution in [0.25, 0.3) is 0 Å². The number of aliphatic hydroxyl groups is 10. The molecule has 76 heavy (non-hydrogen) atoms. The van der Waals surface area contributed by atoms with Crippen LogP contribution >= 0.6 is 141 Å². The van der Waals surface area contributed by atoms with E-state index in [-0.39, 0.29) is 147 Å². The fourth-order valence-corrected chi connectivity index (χ4v) is 30.5. The summed E-state index contributed by atoms with van der Waals surface area (Å²) in [6.45, 7) is -3.22. The molecule has 1 radical (unpaired) electrons. The number of thioether (sulfide) groups is 12. The van der Waals surface area contributed by atoms with Crippen molar-refractivity contribution in [3.8, 4) is 0 Å². The van der Waals surface area contributed by atoms with Crippen LogP contribution in [-0.2, 0) is 0 Å². The topological polar surface area (TPSA) is 314 Å². The van der Waals surface area contributed by atoms with Gasteiger partial charge in [-0.2, -0.15) is 0 Å². The summed E-state index contributed by atoms with van der Waals surface area (Å²) in [5, 5.41) is 142. The Balaban J connectivity index is 1.54. The maximum atomic E-state index is 14.1. The number of benzene rings is 3. The average Bonchev–Trinajstić information content (AvgIpc) is 4.22. The smallest absolute Gasteiger partial charge is 0.338 e. The van der Waals surface area contributed by atoms with Crippen molar-refractivity contribution in [1.29, 1.82) is 0 Å². The maximum absolute atomic E-state index is 14.1. The van der Waals surface area contributed by atoms with Crippen LogP contribution < -0.4 is 0 Å². The van der Waals surface area contributed by atoms with Gasteiger partial charge in [0, 0.05) is 130 Å². The van der Waals surface area contributed by atoms with E-state index in [0.29, 0.717) is 86.4 Å². The van der Waals surface area contributed by atoms with E-state index in [1.54, 1.807) is 0 Å². The number of aromatic carboxylic acids is 3. The molecule has 0 atom stereocenters. The predicted octanol–water partition coefficient (Wildman–Crippen LogP) is 8.25. The molecule has 6 aliphatic rings. The van der Waals surface area contributed by atoms with Gasteiger partial charge in [0.25, 0.3) is 0 Å². The van der Waals surface area contributed by atoms with Crippen molar-refractivity contribution in [2.75, 3.05) is 71.2 Å². The molecule has 415 valence electrons. The Kier molecular flexibility index (Phi) is 19.6. The lowest BCUT2D eigenvalue weighted by Crippen LogP contribution is -2.22. The predicted molar refractivity (Wildman–Crippen MR) is 307 cm³/mol. The summed E-state index contributed by atoms with van der Waals surface area (Å²) >= 11 is 15.4. The van der Waals surface area contributed by atoms with Crippen molar-refractivity contribution in [3.05, 3.63) is 39.3 Å². The number of fused-ring (bicyclic) bond motifs is 6. The van der Waals surface area contributed by atoms with Crippen molar-refractivity contribution >= 4 is 159 Å². The minimum atomic E-state index is -1.26. The number of hydrogen-bond donors (Lipinski definition) is 13. The minimum absolute atomic E-state index is 0.0427. The Morgan fingerprint density at radius 3 is 0.618 bits per heavy atom. The van der Waals surface area contributed by atoms with Crippen LogP contribution in [0, 0.1) is 5.92 Å². The van der Waals surface area contributed by atoms with Crippen molar-refractivity contribution in [2.45, 2.75) is 143 Å². The molecule has 6 heterocycles. The highest BCUT2D eigenvalue weighted by atomic mass is 32.2. The van der Waals surface area contributed by atoms with Gasteiger partial charge < -0.3 is 66.4 Å². The van der Waals surface area contributed by atoms with Crippen LogP contribution in [0.15, 0.2) is 58.7 Å². The largest absolute Gasteiger partial charge is 0.478 e. The number of carbonyl (C=O) groups is 3. The second-order valence-electron chi connectivity index (χ2n) is 18.2. The lowest BCUT2D eigenvalue weighted by atomic mass is 9.83. The van der Waals surface area contributed by atoms with E-state index < -0.39 is 38.3 Å². The molecule has 13 N–H and O–H groups in total. The first kappa shape index (κ1) is 60.5. The van der Waals surface area contributed by atoms with Crippen LogP contribution in [0.3, 0.4) is 0 Å². The van der Waals surface area contributed by atoms with Crippen molar-refractivity contribution in [2.24, 2.45) is 0 Å². The van der Waals surface area contributed by atoms with Gasteiger partial charge in [-0.25, -0.2) is 14.4 Å². The summed E-state index contributed by atoms with van der Waals surface area (Å²) in [6.07, 6.45) is 1.19. The quantitative estimate of drug-likeness (QED) is 0.0336.